The van der Waals surface area contributed by atoms with Crippen molar-refractivity contribution in [3.05, 3.63) is 12.2 Å². The van der Waals surface area contributed by atoms with Gasteiger partial charge in [0, 0.05) is 0 Å². The highest BCUT2D eigenvalue weighted by atomic mass is 16.6. The Labute approximate surface area is 178 Å². The number of ether oxygens (including phenoxy) is 2. The van der Waals surface area contributed by atoms with E-state index in [0.29, 0.717) is 6.61 Å². The van der Waals surface area contributed by atoms with Gasteiger partial charge in [-0.2, -0.15) is 0 Å². The van der Waals surface area contributed by atoms with Crippen LogP contribution in [0.5, 0.6) is 0 Å². The molecule has 0 aliphatic carbocycles. The van der Waals surface area contributed by atoms with Crippen molar-refractivity contribution < 1.29 is 24.8 Å². The van der Waals surface area contributed by atoms with Gasteiger partial charge in [-0.15, -0.1) is 0 Å². The Morgan fingerprint density at radius 1 is 0.897 bits per heavy atom. The molecule has 0 bridgehead atoms. The van der Waals surface area contributed by atoms with Gasteiger partial charge in [-0.25, -0.2) is 0 Å². The monoisotopic (exact) mass is 414 g/mol. The van der Waals surface area contributed by atoms with E-state index in [-0.39, 0.29) is 6.61 Å². The molecule has 172 valence electrons. The first-order valence-electron chi connectivity index (χ1n) is 12.1. The first-order chi connectivity index (χ1) is 14.2. The summed E-state index contributed by atoms with van der Waals surface area (Å²) in [5.41, 5.74) is 0. The maximum Gasteiger partial charge on any atom is 0.114 e. The van der Waals surface area contributed by atoms with Crippen LogP contribution in [0.1, 0.15) is 96.8 Å². The van der Waals surface area contributed by atoms with Crippen LogP contribution >= 0.6 is 0 Å². The van der Waals surface area contributed by atoms with Gasteiger partial charge in [0.15, 0.2) is 0 Å². The van der Waals surface area contributed by atoms with Crippen LogP contribution in [0, 0.1) is 0 Å². The normalized spacial score (nSPS) is 23.2. The predicted molar refractivity (Wildman–Crippen MR) is 118 cm³/mol. The van der Waals surface area contributed by atoms with Crippen molar-refractivity contribution in [3.8, 4) is 0 Å². The summed E-state index contributed by atoms with van der Waals surface area (Å²) in [4.78, 5) is 0. The molecule has 0 saturated carbocycles. The Kier molecular flexibility index (Phi) is 16.8. The zero-order valence-electron chi connectivity index (χ0n) is 18.6. The molecule has 1 fully saturated rings. The van der Waals surface area contributed by atoms with Crippen molar-refractivity contribution in [1.29, 1.82) is 0 Å². The summed E-state index contributed by atoms with van der Waals surface area (Å²) in [6, 6.07) is 0. The molecular weight excluding hydrogens is 368 g/mol. The summed E-state index contributed by atoms with van der Waals surface area (Å²) < 4.78 is 10.9. The van der Waals surface area contributed by atoms with Gasteiger partial charge in [0.25, 0.3) is 0 Å². The quantitative estimate of drug-likeness (QED) is 0.214. The second kappa shape index (κ2) is 18.3. The van der Waals surface area contributed by atoms with E-state index in [9.17, 15) is 10.2 Å². The molecular formula is C24H46O5. The van der Waals surface area contributed by atoms with Crippen LogP contribution in [-0.4, -0.2) is 59.6 Å². The molecule has 3 N–H and O–H groups in total. The molecule has 1 aliphatic heterocycles. The lowest BCUT2D eigenvalue weighted by atomic mass is 10.0. The van der Waals surface area contributed by atoms with Crippen LogP contribution in [0.3, 0.4) is 0 Å². The summed E-state index contributed by atoms with van der Waals surface area (Å²) in [7, 11) is 0. The molecule has 0 aromatic heterocycles. The zero-order chi connectivity index (χ0) is 21.2. The Balaban J connectivity index is 1.84. The maximum absolute atomic E-state index is 10.0. The van der Waals surface area contributed by atoms with Crippen molar-refractivity contribution in [1.82, 2.24) is 0 Å². The molecule has 0 unspecified atom stereocenters. The van der Waals surface area contributed by atoms with Crippen LogP contribution in [0.4, 0.5) is 0 Å². The second-order valence-corrected chi connectivity index (χ2v) is 8.41. The summed E-state index contributed by atoms with van der Waals surface area (Å²) >= 11 is 0. The highest BCUT2D eigenvalue weighted by Gasteiger charge is 2.40. The SMILES string of the molecule is CCCCCCCCCCCCCCC/C=C/CO[C@@H]1CO[C@H]([C@@H](O)CO)[C@@H]1O. The van der Waals surface area contributed by atoms with Gasteiger partial charge in [0.1, 0.15) is 24.4 Å². The Morgan fingerprint density at radius 3 is 2.00 bits per heavy atom. The van der Waals surface area contributed by atoms with Crippen LogP contribution in [0.2, 0.25) is 0 Å². The highest BCUT2D eigenvalue weighted by molar-refractivity contribution is 4.90. The van der Waals surface area contributed by atoms with E-state index in [1.165, 1.54) is 83.5 Å². The van der Waals surface area contributed by atoms with E-state index in [4.69, 9.17) is 14.6 Å². The molecule has 29 heavy (non-hydrogen) atoms. The third kappa shape index (κ3) is 12.7. The third-order valence-electron chi connectivity index (χ3n) is 5.78. The van der Waals surface area contributed by atoms with Crippen molar-refractivity contribution >= 4 is 0 Å². The van der Waals surface area contributed by atoms with Gasteiger partial charge in [0.2, 0.25) is 0 Å². The van der Waals surface area contributed by atoms with Gasteiger partial charge in [-0.05, 0) is 12.8 Å². The van der Waals surface area contributed by atoms with Gasteiger partial charge >= 0.3 is 0 Å². The minimum absolute atomic E-state index is 0.246. The highest BCUT2D eigenvalue weighted by Crippen LogP contribution is 2.20. The lowest BCUT2D eigenvalue weighted by molar-refractivity contribution is -0.0716. The number of aliphatic hydroxyl groups is 3. The lowest BCUT2D eigenvalue weighted by Crippen LogP contribution is -2.41. The largest absolute Gasteiger partial charge is 0.394 e. The van der Waals surface area contributed by atoms with E-state index < -0.39 is 31.0 Å². The Bertz CT molecular complexity index is 387. The first kappa shape index (κ1) is 26.6. The Morgan fingerprint density at radius 2 is 1.45 bits per heavy atom. The average Bonchev–Trinajstić information content (AvgIpc) is 3.10. The lowest BCUT2D eigenvalue weighted by Gasteiger charge is -2.20. The number of aliphatic hydroxyl groups excluding tert-OH is 3. The van der Waals surface area contributed by atoms with E-state index in [0.717, 1.165) is 6.42 Å². The van der Waals surface area contributed by atoms with E-state index in [1.807, 2.05) is 6.08 Å². The second-order valence-electron chi connectivity index (χ2n) is 8.41. The van der Waals surface area contributed by atoms with Gasteiger partial charge < -0.3 is 24.8 Å². The van der Waals surface area contributed by atoms with Gasteiger partial charge in [-0.1, -0.05) is 96.1 Å². The van der Waals surface area contributed by atoms with Crippen LogP contribution in [0.15, 0.2) is 12.2 Å². The molecule has 0 spiro atoms. The molecule has 1 rings (SSSR count). The van der Waals surface area contributed by atoms with Crippen LogP contribution < -0.4 is 0 Å². The molecule has 0 aromatic carbocycles. The molecule has 5 nitrogen and oxygen atoms in total. The summed E-state index contributed by atoms with van der Waals surface area (Å²) in [6.07, 6.45) is 19.9. The van der Waals surface area contributed by atoms with Crippen LogP contribution in [-0.2, 0) is 9.47 Å². The van der Waals surface area contributed by atoms with E-state index in [1.54, 1.807) is 0 Å². The van der Waals surface area contributed by atoms with E-state index >= 15 is 0 Å². The van der Waals surface area contributed by atoms with Gasteiger partial charge in [0.05, 0.1) is 19.8 Å². The van der Waals surface area contributed by atoms with Crippen LogP contribution in [0.25, 0.3) is 0 Å². The maximum atomic E-state index is 10.0. The zero-order valence-corrected chi connectivity index (χ0v) is 18.6. The molecule has 1 aliphatic rings. The molecule has 0 aromatic rings. The number of hydrogen-bond donors (Lipinski definition) is 3. The minimum atomic E-state index is -1.07. The molecule has 4 atom stereocenters. The standard InChI is InChI=1S/C24H46O5/c1-2-3-4-5-6-7-8-9-10-11-12-13-14-15-16-17-18-28-22-20-29-24(23(22)27)21(26)19-25/h16-17,21-27H,2-15,18-20H2,1H3/b17-16+/t21-,22+,23+,24+/m0/s1. The predicted octanol–water partition coefficient (Wildman–Crippen LogP) is 4.52. The number of hydrogen-bond acceptors (Lipinski definition) is 5. The molecule has 1 heterocycles. The number of unbranched alkanes of at least 4 members (excludes halogenated alkanes) is 13. The van der Waals surface area contributed by atoms with Gasteiger partial charge in [-0.3, -0.25) is 0 Å². The van der Waals surface area contributed by atoms with Crippen molar-refractivity contribution in [2.75, 3.05) is 19.8 Å². The molecule has 0 radical (unpaired) electrons. The minimum Gasteiger partial charge on any atom is -0.394 e. The fourth-order valence-electron chi connectivity index (χ4n) is 3.85. The van der Waals surface area contributed by atoms with E-state index in [2.05, 4.69) is 13.0 Å². The fourth-order valence-corrected chi connectivity index (χ4v) is 3.85. The third-order valence-corrected chi connectivity index (χ3v) is 5.78. The molecule has 5 heteroatoms. The summed E-state index contributed by atoms with van der Waals surface area (Å²) in [5.74, 6) is 0. The molecule has 1 saturated heterocycles. The summed E-state index contributed by atoms with van der Waals surface area (Å²) in [6.45, 7) is 2.53. The smallest absolute Gasteiger partial charge is 0.114 e. The molecule has 0 amide bonds. The summed E-state index contributed by atoms with van der Waals surface area (Å²) in [5, 5.41) is 28.5. The average molecular weight is 415 g/mol. The fraction of sp³-hybridized carbons (Fsp3) is 0.917. The Hall–Kier alpha value is -0.460. The van der Waals surface area contributed by atoms with Crippen molar-refractivity contribution in [2.45, 2.75) is 121 Å². The first-order valence-corrected chi connectivity index (χ1v) is 12.1. The number of allylic oxidation sites excluding steroid dienone is 1. The number of rotatable bonds is 19. The van der Waals surface area contributed by atoms with Crippen molar-refractivity contribution in [3.63, 3.8) is 0 Å². The van der Waals surface area contributed by atoms with Crippen molar-refractivity contribution in [2.24, 2.45) is 0 Å². The topological polar surface area (TPSA) is 79.2 Å².